The van der Waals surface area contributed by atoms with Gasteiger partial charge in [0.15, 0.2) is 11.9 Å². The van der Waals surface area contributed by atoms with E-state index in [-0.39, 0.29) is 0 Å². The van der Waals surface area contributed by atoms with Crippen molar-refractivity contribution >= 4 is 33.5 Å². The van der Waals surface area contributed by atoms with Crippen LogP contribution in [0, 0.1) is 0 Å². The summed E-state index contributed by atoms with van der Waals surface area (Å²) in [5, 5.41) is 5.98. The standard InChI is InChI=1S/C8H20N6S2/c1-11-7(9)13-3-5-15-16-6-4-14-8(10)12-2/h3-6H2,1-2H3,(H3,9,11,13)(H3,10,12,14). The number of nitrogens with zero attached hydrogens (tertiary/aromatic N) is 2. The molecule has 0 aromatic heterocycles. The van der Waals surface area contributed by atoms with Gasteiger partial charge < -0.3 is 22.1 Å². The van der Waals surface area contributed by atoms with Crippen LogP contribution in [0.4, 0.5) is 0 Å². The molecule has 6 nitrogen and oxygen atoms in total. The van der Waals surface area contributed by atoms with Gasteiger partial charge in [-0.25, -0.2) is 0 Å². The van der Waals surface area contributed by atoms with Crippen LogP contribution in [-0.4, -0.2) is 50.6 Å². The highest BCUT2D eigenvalue weighted by Gasteiger charge is 1.93. The summed E-state index contributed by atoms with van der Waals surface area (Å²) >= 11 is 0. The third-order valence-corrected chi connectivity index (χ3v) is 3.96. The van der Waals surface area contributed by atoms with Crippen LogP contribution < -0.4 is 22.1 Å². The molecule has 0 bridgehead atoms. The Morgan fingerprint density at radius 3 is 1.62 bits per heavy atom. The maximum Gasteiger partial charge on any atom is 0.188 e. The van der Waals surface area contributed by atoms with E-state index >= 15 is 0 Å². The second kappa shape index (κ2) is 10.7. The van der Waals surface area contributed by atoms with Gasteiger partial charge in [0.2, 0.25) is 0 Å². The van der Waals surface area contributed by atoms with Crippen LogP contribution in [-0.2, 0) is 0 Å². The summed E-state index contributed by atoms with van der Waals surface area (Å²) in [4.78, 5) is 7.59. The molecule has 0 spiro atoms. The van der Waals surface area contributed by atoms with Gasteiger partial charge in [0.05, 0.1) is 0 Å². The Bertz CT molecular complexity index is 207. The van der Waals surface area contributed by atoms with Crippen LogP contribution >= 0.6 is 21.6 Å². The zero-order valence-electron chi connectivity index (χ0n) is 9.69. The minimum absolute atomic E-state index is 0.485. The Morgan fingerprint density at radius 2 is 1.31 bits per heavy atom. The number of nitrogens with one attached hydrogen (secondary N) is 2. The van der Waals surface area contributed by atoms with E-state index in [0.717, 1.165) is 24.6 Å². The Morgan fingerprint density at radius 1 is 0.938 bits per heavy atom. The van der Waals surface area contributed by atoms with Crippen LogP contribution in [0.1, 0.15) is 0 Å². The Balaban J connectivity index is 3.16. The van der Waals surface area contributed by atoms with Gasteiger partial charge in [0, 0.05) is 38.7 Å². The van der Waals surface area contributed by atoms with E-state index in [1.807, 2.05) is 0 Å². The van der Waals surface area contributed by atoms with E-state index in [1.165, 1.54) is 0 Å². The van der Waals surface area contributed by atoms with E-state index in [4.69, 9.17) is 11.5 Å². The molecule has 0 radical (unpaired) electrons. The van der Waals surface area contributed by atoms with E-state index in [2.05, 4.69) is 20.6 Å². The lowest BCUT2D eigenvalue weighted by Gasteiger charge is -2.05. The van der Waals surface area contributed by atoms with Gasteiger partial charge in [-0.1, -0.05) is 21.6 Å². The lowest BCUT2D eigenvalue weighted by Crippen LogP contribution is -2.33. The summed E-state index contributed by atoms with van der Waals surface area (Å²) in [5.74, 6) is 2.94. The van der Waals surface area contributed by atoms with Crippen molar-refractivity contribution in [2.75, 3.05) is 38.7 Å². The summed E-state index contributed by atoms with van der Waals surface area (Å²) in [7, 11) is 6.90. The summed E-state index contributed by atoms with van der Waals surface area (Å²) in [6.07, 6.45) is 0. The number of hydrogen-bond donors (Lipinski definition) is 4. The van der Waals surface area contributed by atoms with Crippen LogP contribution in [0.5, 0.6) is 0 Å². The maximum atomic E-state index is 5.47. The molecular weight excluding hydrogens is 244 g/mol. The lowest BCUT2D eigenvalue weighted by atomic mass is 10.7. The zero-order valence-corrected chi connectivity index (χ0v) is 11.3. The molecule has 0 unspecified atom stereocenters. The third-order valence-electron chi connectivity index (χ3n) is 1.55. The van der Waals surface area contributed by atoms with E-state index < -0.39 is 0 Å². The highest BCUT2D eigenvalue weighted by Crippen LogP contribution is 2.19. The van der Waals surface area contributed by atoms with E-state index in [9.17, 15) is 0 Å². The number of hydrogen-bond acceptors (Lipinski definition) is 4. The number of guanidine groups is 2. The minimum atomic E-state index is 0.485. The summed E-state index contributed by atoms with van der Waals surface area (Å²) in [6.45, 7) is 1.65. The highest BCUT2D eigenvalue weighted by molar-refractivity contribution is 8.76. The first-order valence-electron chi connectivity index (χ1n) is 4.87. The third kappa shape index (κ3) is 9.78. The van der Waals surface area contributed by atoms with Crippen molar-refractivity contribution in [2.24, 2.45) is 21.5 Å². The average molecular weight is 264 g/mol. The second-order valence-corrected chi connectivity index (χ2v) is 5.42. The first kappa shape index (κ1) is 15.2. The predicted octanol–water partition coefficient (Wildman–Crippen LogP) is -0.564. The maximum absolute atomic E-state index is 5.47. The van der Waals surface area contributed by atoms with Gasteiger partial charge in [-0.15, -0.1) is 0 Å². The van der Waals surface area contributed by atoms with Gasteiger partial charge in [0.1, 0.15) is 0 Å². The summed E-state index contributed by atoms with van der Waals surface area (Å²) in [6, 6.07) is 0. The van der Waals surface area contributed by atoms with Crippen molar-refractivity contribution < 1.29 is 0 Å². The molecule has 0 amide bonds. The molecule has 8 heteroatoms. The van der Waals surface area contributed by atoms with Crippen molar-refractivity contribution in [3.05, 3.63) is 0 Å². The van der Waals surface area contributed by atoms with Crippen LogP contribution in [0.15, 0.2) is 9.98 Å². The van der Waals surface area contributed by atoms with Gasteiger partial charge in [-0.2, -0.15) is 0 Å². The summed E-state index contributed by atoms with van der Waals surface area (Å²) in [5.41, 5.74) is 10.9. The SMILES string of the molecule is CN=C(N)NCCSSCCNC(N)=NC. The van der Waals surface area contributed by atoms with E-state index in [0.29, 0.717) is 11.9 Å². The summed E-state index contributed by atoms with van der Waals surface area (Å²) < 4.78 is 0. The molecule has 6 N–H and O–H groups in total. The molecule has 0 aromatic carbocycles. The molecule has 0 aliphatic carbocycles. The number of rotatable bonds is 7. The fraction of sp³-hybridized carbons (Fsp3) is 0.750. The Hall–Kier alpha value is -0.760. The van der Waals surface area contributed by atoms with Crippen LogP contribution in [0.3, 0.4) is 0 Å². The fourth-order valence-corrected chi connectivity index (χ4v) is 2.53. The van der Waals surface area contributed by atoms with Gasteiger partial charge in [0.25, 0.3) is 0 Å². The minimum Gasteiger partial charge on any atom is -0.370 e. The molecule has 16 heavy (non-hydrogen) atoms. The number of nitrogens with two attached hydrogens (primary N) is 2. The monoisotopic (exact) mass is 264 g/mol. The predicted molar refractivity (Wildman–Crippen MR) is 76.0 cm³/mol. The Kier molecular flexibility index (Phi) is 10.2. The first-order chi connectivity index (χ1) is 7.70. The second-order valence-electron chi connectivity index (χ2n) is 2.72. The molecule has 0 heterocycles. The van der Waals surface area contributed by atoms with Crippen LogP contribution in [0.25, 0.3) is 0 Å². The largest absolute Gasteiger partial charge is 0.370 e. The van der Waals surface area contributed by atoms with Crippen molar-refractivity contribution in [1.82, 2.24) is 10.6 Å². The first-order valence-corrected chi connectivity index (χ1v) is 7.36. The molecule has 94 valence electrons. The molecule has 0 aromatic rings. The molecule has 0 saturated heterocycles. The van der Waals surface area contributed by atoms with Crippen molar-refractivity contribution in [3.8, 4) is 0 Å². The van der Waals surface area contributed by atoms with Crippen molar-refractivity contribution in [2.45, 2.75) is 0 Å². The molecule has 0 aliphatic rings. The van der Waals surface area contributed by atoms with Crippen molar-refractivity contribution in [1.29, 1.82) is 0 Å². The topological polar surface area (TPSA) is 101 Å². The van der Waals surface area contributed by atoms with Gasteiger partial charge >= 0.3 is 0 Å². The quantitative estimate of drug-likeness (QED) is 0.213. The highest BCUT2D eigenvalue weighted by atomic mass is 33.1. The molecular formula is C8H20N6S2. The molecule has 0 rings (SSSR count). The lowest BCUT2D eigenvalue weighted by molar-refractivity contribution is 0.958. The zero-order chi connectivity index (χ0) is 12.2. The van der Waals surface area contributed by atoms with Crippen LogP contribution in [0.2, 0.25) is 0 Å². The van der Waals surface area contributed by atoms with Crippen molar-refractivity contribution in [3.63, 3.8) is 0 Å². The average Bonchev–Trinajstić information content (AvgIpc) is 2.31. The molecule has 0 atom stereocenters. The Labute approximate surface area is 105 Å². The van der Waals surface area contributed by atoms with Gasteiger partial charge in [-0.05, 0) is 0 Å². The molecule has 0 fully saturated rings. The smallest absolute Gasteiger partial charge is 0.188 e. The number of aliphatic imine (C=N–C) groups is 2. The van der Waals surface area contributed by atoms with Gasteiger partial charge in [-0.3, -0.25) is 9.98 Å². The normalized spacial score (nSPS) is 12.6. The molecule has 0 saturated carbocycles. The molecule has 0 aliphatic heterocycles. The van der Waals surface area contributed by atoms with E-state index in [1.54, 1.807) is 35.7 Å². The fourth-order valence-electron chi connectivity index (χ4n) is 0.718.